The molecule has 0 aliphatic rings. The first-order valence-corrected chi connectivity index (χ1v) is 7.48. The SMILES string of the molecule is CC(C)NC(=O)c1ccc(NC(=O)CNCc2ccco2)cc1. The smallest absolute Gasteiger partial charge is 0.251 e. The molecule has 2 amide bonds. The Kier molecular flexibility index (Phi) is 5.94. The van der Waals surface area contributed by atoms with E-state index in [9.17, 15) is 9.59 Å². The van der Waals surface area contributed by atoms with Crippen LogP contribution in [0.4, 0.5) is 5.69 Å². The molecule has 1 aromatic carbocycles. The highest BCUT2D eigenvalue weighted by Crippen LogP contribution is 2.09. The van der Waals surface area contributed by atoms with Gasteiger partial charge in [0.25, 0.3) is 5.91 Å². The molecule has 0 unspecified atom stereocenters. The monoisotopic (exact) mass is 315 g/mol. The van der Waals surface area contributed by atoms with E-state index in [0.29, 0.717) is 17.8 Å². The standard InChI is InChI=1S/C17H21N3O3/c1-12(2)19-17(22)13-5-7-14(8-6-13)20-16(21)11-18-10-15-4-3-9-23-15/h3-9,12,18H,10-11H2,1-2H3,(H,19,22)(H,20,21). The molecule has 0 atom stereocenters. The molecular formula is C17H21N3O3. The molecule has 2 aromatic rings. The minimum atomic E-state index is -0.157. The molecule has 0 aliphatic carbocycles. The van der Waals surface area contributed by atoms with Gasteiger partial charge in [-0.3, -0.25) is 9.59 Å². The number of carbonyl (C=O) groups excluding carboxylic acids is 2. The van der Waals surface area contributed by atoms with Crippen LogP contribution in [0.1, 0.15) is 30.0 Å². The molecular weight excluding hydrogens is 294 g/mol. The van der Waals surface area contributed by atoms with Crippen molar-refractivity contribution in [3.05, 3.63) is 54.0 Å². The first-order valence-electron chi connectivity index (χ1n) is 7.48. The van der Waals surface area contributed by atoms with Gasteiger partial charge < -0.3 is 20.4 Å². The zero-order valence-electron chi connectivity index (χ0n) is 13.3. The lowest BCUT2D eigenvalue weighted by Crippen LogP contribution is -2.30. The highest BCUT2D eigenvalue weighted by molar-refractivity contribution is 5.96. The third kappa shape index (κ3) is 5.60. The second-order valence-corrected chi connectivity index (χ2v) is 5.44. The molecule has 1 aromatic heterocycles. The summed E-state index contributed by atoms with van der Waals surface area (Å²) in [4.78, 5) is 23.6. The molecule has 0 bridgehead atoms. The number of hydrogen-bond donors (Lipinski definition) is 3. The van der Waals surface area contributed by atoms with Crippen molar-refractivity contribution in [3.63, 3.8) is 0 Å². The van der Waals surface area contributed by atoms with Crippen LogP contribution < -0.4 is 16.0 Å². The molecule has 0 radical (unpaired) electrons. The van der Waals surface area contributed by atoms with Gasteiger partial charge in [-0.2, -0.15) is 0 Å². The van der Waals surface area contributed by atoms with Crippen LogP contribution in [0, 0.1) is 0 Å². The Labute approximate surface area is 135 Å². The van der Waals surface area contributed by atoms with E-state index in [1.54, 1.807) is 36.6 Å². The van der Waals surface area contributed by atoms with Gasteiger partial charge in [-0.1, -0.05) is 0 Å². The predicted molar refractivity (Wildman–Crippen MR) is 88.1 cm³/mol. The maximum Gasteiger partial charge on any atom is 0.251 e. The van der Waals surface area contributed by atoms with E-state index >= 15 is 0 Å². The van der Waals surface area contributed by atoms with Gasteiger partial charge in [0.15, 0.2) is 0 Å². The topological polar surface area (TPSA) is 83.4 Å². The van der Waals surface area contributed by atoms with Crippen LogP contribution in [0.3, 0.4) is 0 Å². The molecule has 3 N–H and O–H groups in total. The van der Waals surface area contributed by atoms with Gasteiger partial charge in [-0.15, -0.1) is 0 Å². The van der Waals surface area contributed by atoms with Crippen LogP contribution >= 0.6 is 0 Å². The van der Waals surface area contributed by atoms with Gasteiger partial charge in [0.2, 0.25) is 5.91 Å². The molecule has 0 fully saturated rings. The first kappa shape index (κ1) is 16.8. The van der Waals surface area contributed by atoms with Crippen LogP contribution in [0.5, 0.6) is 0 Å². The number of amides is 2. The van der Waals surface area contributed by atoms with Gasteiger partial charge in [0.1, 0.15) is 5.76 Å². The Morgan fingerprint density at radius 1 is 1.13 bits per heavy atom. The largest absolute Gasteiger partial charge is 0.468 e. The fourth-order valence-electron chi connectivity index (χ4n) is 1.97. The summed E-state index contributed by atoms with van der Waals surface area (Å²) < 4.78 is 5.16. The molecule has 0 saturated carbocycles. The lowest BCUT2D eigenvalue weighted by molar-refractivity contribution is -0.115. The highest BCUT2D eigenvalue weighted by Gasteiger charge is 2.07. The van der Waals surface area contributed by atoms with E-state index in [1.807, 2.05) is 19.9 Å². The summed E-state index contributed by atoms with van der Waals surface area (Å²) in [6.45, 7) is 4.48. The Morgan fingerprint density at radius 2 is 1.87 bits per heavy atom. The number of rotatable bonds is 7. The minimum Gasteiger partial charge on any atom is -0.468 e. The van der Waals surface area contributed by atoms with Crippen molar-refractivity contribution >= 4 is 17.5 Å². The number of anilines is 1. The molecule has 0 aliphatic heterocycles. The summed E-state index contributed by atoms with van der Waals surface area (Å²) in [5, 5.41) is 8.57. The maximum atomic E-state index is 11.8. The highest BCUT2D eigenvalue weighted by atomic mass is 16.3. The first-order chi connectivity index (χ1) is 11.0. The predicted octanol–water partition coefficient (Wildman–Crippen LogP) is 2.15. The molecule has 6 heteroatoms. The number of hydrogen-bond acceptors (Lipinski definition) is 4. The fraction of sp³-hybridized carbons (Fsp3) is 0.294. The molecule has 23 heavy (non-hydrogen) atoms. The number of benzene rings is 1. The average Bonchev–Trinajstić information content (AvgIpc) is 3.00. The van der Waals surface area contributed by atoms with Crippen molar-refractivity contribution in [1.29, 1.82) is 0 Å². The zero-order chi connectivity index (χ0) is 16.7. The van der Waals surface area contributed by atoms with Gasteiger partial charge in [-0.25, -0.2) is 0 Å². The summed E-state index contributed by atoms with van der Waals surface area (Å²) in [5.74, 6) is 0.493. The third-order valence-electron chi connectivity index (χ3n) is 3.02. The average molecular weight is 315 g/mol. The van der Waals surface area contributed by atoms with Crippen molar-refractivity contribution in [2.75, 3.05) is 11.9 Å². The Morgan fingerprint density at radius 3 is 2.48 bits per heavy atom. The molecule has 6 nitrogen and oxygen atoms in total. The molecule has 0 spiro atoms. The van der Waals surface area contributed by atoms with Crippen molar-refractivity contribution < 1.29 is 14.0 Å². The van der Waals surface area contributed by atoms with Crippen LogP contribution in [0.15, 0.2) is 47.1 Å². The van der Waals surface area contributed by atoms with E-state index in [4.69, 9.17) is 4.42 Å². The van der Waals surface area contributed by atoms with Crippen LogP contribution in [0.25, 0.3) is 0 Å². The lowest BCUT2D eigenvalue weighted by Gasteiger charge is -2.09. The van der Waals surface area contributed by atoms with Gasteiger partial charge in [0, 0.05) is 17.3 Å². The fourth-order valence-corrected chi connectivity index (χ4v) is 1.97. The summed E-state index contributed by atoms with van der Waals surface area (Å²) >= 11 is 0. The number of furan rings is 1. The van der Waals surface area contributed by atoms with Gasteiger partial charge in [-0.05, 0) is 50.2 Å². The summed E-state index contributed by atoms with van der Waals surface area (Å²) in [7, 11) is 0. The minimum absolute atomic E-state index is 0.0853. The summed E-state index contributed by atoms with van der Waals surface area (Å²) in [6.07, 6.45) is 1.59. The van der Waals surface area contributed by atoms with Gasteiger partial charge in [0.05, 0.1) is 19.4 Å². The lowest BCUT2D eigenvalue weighted by atomic mass is 10.2. The van der Waals surface area contributed by atoms with E-state index in [2.05, 4.69) is 16.0 Å². The van der Waals surface area contributed by atoms with E-state index < -0.39 is 0 Å². The van der Waals surface area contributed by atoms with Gasteiger partial charge >= 0.3 is 0 Å². The van der Waals surface area contributed by atoms with Crippen molar-refractivity contribution in [2.24, 2.45) is 0 Å². The summed E-state index contributed by atoms with van der Waals surface area (Å²) in [5.41, 5.74) is 1.21. The molecule has 0 saturated heterocycles. The van der Waals surface area contributed by atoms with E-state index in [0.717, 1.165) is 5.76 Å². The molecule has 2 rings (SSSR count). The zero-order valence-corrected chi connectivity index (χ0v) is 13.3. The van der Waals surface area contributed by atoms with Crippen molar-refractivity contribution in [3.8, 4) is 0 Å². The molecule has 1 heterocycles. The Balaban J connectivity index is 1.78. The Bertz CT molecular complexity index is 634. The van der Waals surface area contributed by atoms with Crippen molar-refractivity contribution in [1.82, 2.24) is 10.6 Å². The number of nitrogens with one attached hydrogen (secondary N) is 3. The summed E-state index contributed by atoms with van der Waals surface area (Å²) in [6, 6.07) is 10.5. The second kappa shape index (κ2) is 8.14. The third-order valence-corrected chi connectivity index (χ3v) is 3.02. The normalized spacial score (nSPS) is 10.6. The number of carbonyl (C=O) groups is 2. The van der Waals surface area contributed by atoms with Crippen molar-refractivity contribution in [2.45, 2.75) is 26.4 Å². The van der Waals surface area contributed by atoms with Crippen LogP contribution in [-0.2, 0) is 11.3 Å². The second-order valence-electron chi connectivity index (χ2n) is 5.44. The quantitative estimate of drug-likeness (QED) is 0.731. The molecule has 122 valence electrons. The van der Waals surface area contributed by atoms with E-state index in [1.165, 1.54) is 0 Å². The van der Waals surface area contributed by atoms with E-state index in [-0.39, 0.29) is 24.4 Å². The Hall–Kier alpha value is -2.60. The van der Waals surface area contributed by atoms with Crippen LogP contribution in [0.2, 0.25) is 0 Å². The van der Waals surface area contributed by atoms with Crippen LogP contribution in [-0.4, -0.2) is 24.4 Å². The maximum absolute atomic E-state index is 11.8.